The number of halogens is 1. The van der Waals surface area contributed by atoms with E-state index in [0.29, 0.717) is 5.56 Å². The zero-order chi connectivity index (χ0) is 24.6. The van der Waals surface area contributed by atoms with Crippen molar-refractivity contribution in [2.45, 2.75) is 26.2 Å². The summed E-state index contributed by atoms with van der Waals surface area (Å²) in [6.45, 7) is 6.31. The summed E-state index contributed by atoms with van der Waals surface area (Å²) >= 11 is 3.96. The van der Waals surface area contributed by atoms with Gasteiger partial charge in [0.25, 0.3) is 0 Å². The third-order valence-electron chi connectivity index (χ3n) is 5.89. The number of phenols is 1. The number of para-hydroxylation sites is 2. The minimum atomic E-state index is -0.163. The van der Waals surface area contributed by atoms with Crippen LogP contribution in [0.15, 0.2) is 89.9 Å². The van der Waals surface area contributed by atoms with Gasteiger partial charge in [0.2, 0.25) is 0 Å². The van der Waals surface area contributed by atoms with E-state index in [4.69, 9.17) is 9.98 Å². The summed E-state index contributed by atoms with van der Waals surface area (Å²) in [7, 11) is 0. The van der Waals surface area contributed by atoms with Gasteiger partial charge in [-0.3, -0.25) is 4.99 Å². The average molecular weight is 589 g/mol. The third kappa shape index (κ3) is 4.88. The van der Waals surface area contributed by atoms with Gasteiger partial charge in [0.1, 0.15) is 10.8 Å². The highest BCUT2D eigenvalue weighted by atomic mass is 127. The Kier molecular flexibility index (Phi) is 6.47. The van der Waals surface area contributed by atoms with Crippen molar-refractivity contribution in [2.75, 3.05) is 0 Å². The Hall–Kier alpha value is -3.03. The normalized spacial score (nSPS) is 12.0. The van der Waals surface area contributed by atoms with E-state index in [1.807, 2.05) is 36.4 Å². The highest BCUT2D eigenvalue weighted by Crippen LogP contribution is 2.39. The van der Waals surface area contributed by atoms with Crippen molar-refractivity contribution in [3.05, 3.63) is 99.6 Å². The maximum absolute atomic E-state index is 10.9. The fourth-order valence-corrected chi connectivity index (χ4v) is 5.78. The number of thiazole rings is 1. The Morgan fingerprint density at radius 1 is 0.886 bits per heavy atom. The van der Waals surface area contributed by atoms with Gasteiger partial charge in [-0.1, -0.05) is 75.4 Å². The van der Waals surface area contributed by atoms with E-state index in [9.17, 15) is 5.11 Å². The molecule has 0 unspecified atom stereocenters. The van der Waals surface area contributed by atoms with Crippen LogP contribution in [0.1, 0.15) is 31.9 Å². The van der Waals surface area contributed by atoms with Crippen LogP contribution >= 0.6 is 33.9 Å². The molecule has 0 saturated heterocycles. The molecule has 1 aromatic heterocycles. The van der Waals surface area contributed by atoms with Crippen LogP contribution in [0.4, 0.5) is 5.69 Å². The SMILES string of the molecule is CC(C)(C)c1cc(I)cc(C=Nc2ccccc2-c2nc3c(-c4ccccc4)cccc3s2)c1O. The first-order chi connectivity index (χ1) is 16.8. The molecule has 0 aliphatic carbocycles. The fourth-order valence-electron chi connectivity index (χ4n) is 4.11. The fraction of sp³-hybridized carbons (Fsp3) is 0.133. The number of aromatic hydroxyl groups is 1. The van der Waals surface area contributed by atoms with Gasteiger partial charge in [-0.2, -0.15) is 0 Å². The van der Waals surface area contributed by atoms with Gasteiger partial charge in [-0.25, -0.2) is 4.98 Å². The van der Waals surface area contributed by atoms with Gasteiger partial charge in [-0.05, 0) is 63.9 Å². The Morgan fingerprint density at radius 2 is 1.60 bits per heavy atom. The summed E-state index contributed by atoms with van der Waals surface area (Å²) in [6, 6.07) is 28.7. The van der Waals surface area contributed by atoms with Crippen LogP contribution in [0, 0.1) is 3.57 Å². The molecule has 0 fully saturated rings. The number of nitrogens with zero attached hydrogens (tertiary/aromatic N) is 2. The molecule has 1 N–H and O–H groups in total. The van der Waals surface area contributed by atoms with Crippen molar-refractivity contribution in [3.63, 3.8) is 0 Å². The Bertz CT molecular complexity index is 1550. The maximum atomic E-state index is 10.9. The Labute approximate surface area is 223 Å². The van der Waals surface area contributed by atoms with E-state index >= 15 is 0 Å². The lowest BCUT2D eigenvalue weighted by Crippen LogP contribution is -2.12. The second-order valence-corrected chi connectivity index (χ2v) is 11.7. The monoisotopic (exact) mass is 588 g/mol. The van der Waals surface area contributed by atoms with Crippen LogP contribution in [0.5, 0.6) is 5.75 Å². The van der Waals surface area contributed by atoms with Crippen molar-refractivity contribution in [3.8, 4) is 27.4 Å². The summed E-state index contributed by atoms with van der Waals surface area (Å²) in [6.07, 6.45) is 1.76. The van der Waals surface area contributed by atoms with Crippen LogP contribution in [-0.2, 0) is 5.41 Å². The molecule has 0 amide bonds. The average Bonchev–Trinajstić information content (AvgIpc) is 3.29. The number of aliphatic imine (C=N–C) groups is 1. The molecule has 1 heterocycles. The molecule has 4 aromatic carbocycles. The van der Waals surface area contributed by atoms with Gasteiger partial charge in [0.15, 0.2) is 0 Å². The molecule has 5 aromatic rings. The number of fused-ring (bicyclic) bond motifs is 1. The number of phenolic OH excluding ortho intramolecular Hbond substituents is 1. The second kappa shape index (κ2) is 9.55. The van der Waals surface area contributed by atoms with Crippen LogP contribution in [-0.4, -0.2) is 16.3 Å². The van der Waals surface area contributed by atoms with E-state index in [2.05, 4.69) is 91.9 Å². The molecular weight excluding hydrogens is 563 g/mol. The second-order valence-electron chi connectivity index (χ2n) is 9.45. The molecule has 0 saturated carbocycles. The van der Waals surface area contributed by atoms with E-state index in [-0.39, 0.29) is 11.2 Å². The standard InChI is InChI=1S/C30H25IN2OS/c1-30(2,3)24-17-21(31)16-20(28(24)34)18-32-25-14-8-7-12-23(25)29-33-27-22(13-9-15-26(27)35-29)19-10-5-4-6-11-19/h4-18,34H,1-3H3. The van der Waals surface area contributed by atoms with Gasteiger partial charge in [-0.15, -0.1) is 11.3 Å². The van der Waals surface area contributed by atoms with E-state index in [1.165, 1.54) is 0 Å². The molecule has 0 spiro atoms. The lowest BCUT2D eigenvalue weighted by molar-refractivity contribution is 0.445. The van der Waals surface area contributed by atoms with Crippen molar-refractivity contribution in [1.82, 2.24) is 4.98 Å². The van der Waals surface area contributed by atoms with Crippen molar-refractivity contribution in [1.29, 1.82) is 0 Å². The molecule has 0 aliphatic rings. The molecule has 5 heteroatoms. The lowest BCUT2D eigenvalue weighted by Gasteiger charge is -2.21. The lowest BCUT2D eigenvalue weighted by atomic mass is 9.85. The van der Waals surface area contributed by atoms with Gasteiger partial charge in [0.05, 0.1) is 15.9 Å². The summed E-state index contributed by atoms with van der Waals surface area (Å²) in [5.74, 6) is 0.284. The minimum absolute atomic E-state index is 0.163. The highest BCUT2D eigenvalue weighted by molar-refractivity contribution is 14.1. The Morgan fingerprint density at radius 3 is 2.37 bits per heavy atom. The van der Waals surface area contributed by atoms with Crippen LogP contribution in [0.25, 0.3) is 31.9 Å². The molecule has 5 rings (SSSR count). The molecule has 174 valence electrons. The molecule has 0 aliphatic heterocycles. The Balaban J connectivity index is 1.58. The van der Waals surface area contributed by atoms with Crippen molar-refractivity contribution < 1.29 is 5.11 Å². The van der Waals surface area contributed by atoms with Gasteiger partial charge in [0, 0.05) is 32.0 Å². The van der Waals surface area contributed by atoms with Crippen LogP contribution < -0.4 is 0 Å². The van der Waals surface area contributed by atoms with E-state index in [1.54, 1.807) is 17.6 Å². The zero-order valence-electron chi connectivity index (χ0n) is 19.8. The predicted molar refractivity (Wildman–Crippen MR) is 157 cm³/mol. The largest absolute Gasteiger partial charge is 0.507 e. The van der Waals surface area contributed by atoms with Gasteiger partial charge < -0.3 is 5.11 Å². The number of hydrogen-bond donors (Lipinski definition) is 1. The van der Waals surface area contributed by atoms with Crippen LogP contribution in [0.3, 0.4) is 0 Å². The number of benzene rings is 4. The first kappa shape index (κ1) is 23.7. The minimum Gasteiger partial charge on any atom is -0.507 e. The van der Waals surface area contributed by atoms with E-state index in [0.717, 1.165) is 46.7 Å². The van der Waals surface area contributed by atoms with Crippen molar-refractivity contribution >= 4 is 56.0 Å². The summed E-state index contributed by atoms with van der Waals surface area (Å²) in [5, 5.41) is 11.9. The number of aromatic nitrogens is 1. The smallest absolute Gasteiger partial charge is 0.128 e. The molecule has 3 nitrogen and oxygen atoms in total. The molecule has 0 radical (unpaired) electrons. The molecule has 35 heavy (non-hydrogen) atoms. The zero-order valence-corrected chi connectivity index (χ0v) is 22.8. The maximum Gasteiger partial charge on any atom is 0.128 e. The summed E-state index contributed by atoms with van der Waals surface area (Å²) < 4.78 is 2.21. The first-order valence-electron chi connectivity index (χ1n) is 11.4. The number of rotatable bonds is 4. The molecular formula is C30H25IN2OS. The summed E-state index contributed by atoms with van der Waals surface area (Å²) in [5.41, 5.74) is 6.56. The van der Waals surface area contributed by atoms with E-state index < -0.39 is 0 Å². The first-order valence-corrected chi connectivity index (χ1v) is 13.3. The van der Waals surface area contributed by atoms with Crippen LogP contribution in [0.2, 0.25) is 0 Å². The molecule has 0 bridgehead atoms. The molecule has 0 atom stereocenters. The third-order valence-corrected chi connectivity index (χ3v) is 7.57. The quantitative estimate of drug-likeness (QED) is 0.168. The van der Waals surface area contributed by atoms with Crippen molar-refractivity contribution in [2.24, 2.45) is 4.99 Å². The topological polar surface area (TPSA) is 45.5 Å². The predicted octanol–water partition coefficient (Wildman–Crippen LogP) is 8.99. The highest BCUT2D eigenvalue weighted by Gasteiger charge is 2.21. The summed E-state index contributed by atoms with van der Waals surface area (Å²) in [4.78, 5) is 9.85. The number of hydrogen-bond acceptors (Lipinski definition) is 4. The van der Waals surface area contributed by atoms with Gasteiger partial charge >= 0.3 is 0 Å².